The highest BCUT2D eigenvalue weighted by atomic mass is 35.5. The Labute approximate surface area is 136 Å². The van der Waals surface area contributed by atoms with Crippen LogP contribution in [0.3, 0.4) is 0 Å². The average molecular weight is 333 g/mol. The number of carboxylic acid groups (broad SMARTS) is 1. The normalized spacial score (nSPS) is 20.2. The van der Waals surface area contributed by atoms with Gasteiger partial charge in [-0.2, -0.15) is 0 Å². The molecule has 0 radical (unpaired) electrons. The SMILES string of the molecule is [N-]=[N+]=NC1CCC(C(=O)O)Cc2onc(-c3ccc(Cl)cc3)c21. The molecule has 23 heavy (non-hydrogen) atoms. The van der Waals surface area contributed by atoms with Crippen molar-refractivity contribution in [3.8, 4) is 11.3 Å². The summed E-state index contributed by atoms with van der Waals surface area (Å²) in [7, 11) is 0. The van der Waals surface area contributed by atoms with Gasteiger partial charge in [-0.1, -0.05) is 34.0 Å². The molecule has 0 fully saturated rings. The first-order valence-electron chi connectivity index (χ1n) is 7.11. The van der Waals surface area contributed by atoms with Crippen molar-refractivity contribution in [1.82, 2.24) is 5.16 Å². The number of benzene rings is 1. The van der Waals surface area contributed by atoms with Gasteiger partial charge in [0, 0.05) is 27.5 Å². The Morgan fingerprint density at radius 2 is 2.13 bits per heavy atom. The van der Waals surface area contributed by atoms with Crippen LogP contribution in [0.5, 0.6) is 0 Å². The van der Waals surface area contributed by atoms with Gasteiger partial charge in [0.15, 0.2) is 0 Å². The molecule has 0 saturated carbocycles. The summed E-state index contributed by atoms with van der Waals surface area (Å²) < 4.78 is 5.38. The predicted octanol–water partition coefficient (Wildman–Crippen LogP) is 4.38. The highest BCUT2D eigenvalue weighted by molar-refractivity contribution is 6.30. The van der Waals surface area contributed by atoms with Crippen LogP contribution in [0.4, 0.5) is 0 Å². The lowest BCUT2D eigenvalue weighted by molar-refractivity contribution is -0.142. The minimum absolute atomic E-state index is 0.239. The van der Waals surface area contributed by atoms with Crippen LogP contribution in [-0.2, 0) is 11.2 Å². The van der Waals surface area contributed by atoms with Crippen molar-refractivity contribution < 1.29 is 14.4 Å². The number of aliphatic carboxylic acids is 1. The topological polar surface area (TPSA) is 112 Å². The average Bonchev–Trinajstić information content (AvgIpc) is 2.85. The summed E-state index contributed by atoms with van der Waals surface area (Å²) in [6, 6.07) is 6.57. The number of azide groups is 1. The van der Waals surface area contributed by atoms with Gasteiger partial charge < -0.3 is 9.63 Å². The quantitative estimate of drug-likeness (QED) is 0.389. The molecule has 1 aliphatic rings. The van der Waals surface area contributed by atoms with E-state index in [9.17, 15) is 9.90 Å². The van der Waals surface area contributed by atoms with Crippen molar-refractivity contribution in [3.63, 3.8) is 0 Å². The van der Waals surface area contributed by atoms with Crippen LogP contribution in [0, 0.1) is 5.92 Å². The first kappa shape index (κ1) is 15.4. The van der Waals surface area contributed by atoms with E-state index in [1.54, 1.807) is 24.3 Å². The molecule has 0 spiro atoms. The molecule has 3 rings (SSSR count). The van der Waals surface area contributed by atoms with E-state index in [2.05, 4.69) is 15.2 Å². The second-order valence-electron chi connectivity index (χ2n) is 5.41. The van der Waals surface area contributed by atoms with Gasteiger partial charge in [0.25, 0.3) is 0 Å². The molecule has 0 amide bonds. The summed E-state index contributed by atoms with van der Waals surface area (Å²) in [5.41, 5.74) is 10.8. The fourth-order valence-electron chi connectivity index (χ4n) is 2.86. The number of carbonyl (C=O) groups is 1. The maximum absolute atomic E-state index is 11.3. The number of hydrogen-bond acceptors (Lipinski definition) is 4. The Bertz CT molecular complexity index is 781. The molecule has 1 N–H and O–H groups in total. The van der Waals surface area contributed by atoms with E-state index >= 15 is 0 Å². The highest BCUT2D eigenvalue weighted by Crippen LogP contribution is 2.40. The Balaban J connectivity index is 2.09. The molecule has 8 heteroatoms. The number of rotatable bonds is 3. The van der Waals surface area contributed by atoms with Crippen LogP contribution in [0.15, 0.2) is 33.9 Å². The van der Waals surface area contributed by atoms with Crippen LogP contribution >= 0.6 is 11.6 Å². The Morgan fingerprint density at radius 3 is 2.78 bits per heavy atom. The van der Waals surface area contributed by atoms with E-state index in [4.69, 9.17) is 21.7 Å². The molecular formula is C15H13ClN4O3. The third-order valence-corrected chi connectivity index (χ3v) is 4.27. The summed E-state index contributed by atoms with van der Waals surface area (Å²) in [5, 5.41) is 17.8. The standard InChI is InChI=1S/C15H13ClN4O3/c16-10-4-1-8(2-5-10)14-13-11(18-20-17)6-3-9(15(21)22)7-12(13)23-19-14/h1-2,4-5,9,11H,3,6-7H2,(H,21,22). The molecule has 2 atom stereocenters. The maximum atomic E-state index is 11.3. The molecule has 0 saturated heterocycles. The summed E-state index contributed by atoms with van der Waals surface area (Å²) >= 11 is 5.90. The van der Waals surface area contributed by atoms with Crippen molar-refractivity contribution >= 4 is 17.6 Å². The smallest absolute Gasteiger partial charge is 0.306 e. The van der Waals surface area contributed by atoms with Gasteiger partial charge in [-0.05, 0) is 30.5 Å². The van der Waals surface area contributed by atoms with E-state index in [0.717, 1.165) is 5.56 Å². The second kappa shape index (κ2) is 6.32. The molecular weight excluding hydrogens is 320 g/mol. The molecule has 1 aromatic heterocycles. The zero-order chi connectivity index (χ0) is 16.4. The number of halogens is 1. The molecule has 0 aliphatic heterocycles. The van der Waals surface area contributed by atoms with E-state index in [-0.39, 0.29) is 6.42 Å². The molecule has 2 unspecified atom stereocenters. The fourth-order valence-corrected chi connectivity index (χ4v) is 2.98. The number of nitrogens with zero attached hydrogens (tertiary/aromatic N) is 4. The summed E-state index contributed by atoms with van der Waals surface area (Å²) in [6.45, 7) is 0. The van der Waals surface area contributed by atoms with E-state index in [0.29, 0.717) is 34.9 Å². The van der Waals surface area contributed by atoms with E-state index in [1.807, 2.05) is 0 Å². The molecule has 2 aromatic rings. The van der Waals surface area contributed by atoms with Crippen molar-refractivity contribution in [3.05, 3.63) is 51.1 Å². The van der Waals surface area contributed by atoms with Gasteiger partial charge in [0.2, 0.25) is 0 Å². The maximum Gasteiger partial charge on any atom is 0.306 e. The first-order chi connectivity index (χ1) is 11.1. The van der Waals surface area contributed by atoms with E-state index in [1.165, 1.54) is 0 Å². The van der Waals surface area contributed by atoms with Gasteiger partial charge in [0.05, 0.1) is 12.0 Å². The van der Waals surface area contributed by atoms with Crippen LogP contribution in [-0.4, -0.2) is 16.2 Å². The van der Waals surface area contributed by atoms with Crippen LogP contribution in [0.25, 0.3) is 21.7 Å². The number of fused-ring (bicyclic) bond motifs is 1. The third kappa shape index (κ3) is 3.02. The largest absolute Gasteiger partial charge is 0.481 e. The van der Waals surface area contributed by atoms with Crippen molar-refractivity contribution in [2.24, 2.45) is 11.0 Å². The van der Waals surface area contributed by atoms with Gasteiger partial charge in [-0.25, -0.2) is 0 Å². The van der Waals surface area contributed by atoms with Gasteiger partial charge in [0.1, 0.15) is 11.5 Å². The minimum atomic E-state index is -0.887. The lowest BCUT2D eigenvalue weighted by Gasteiger charge is -2.09. The summed E-state index contributed by atoms with van der Waals surface area (Å²) in [5.74, 6) is -0.988. The Hall–Kier alpha value is -2.50. The molecule has 1 aromatic carbocycles. The molecule has 118 valence electrons. The predicted molar refractivity (Wildman–Crippen MR) is 82.9 cm³/mol. The summed E-state index contributed by atoms with van der Waals surface area (Å²) in [6.07, 6.45) is 1.10. The fraction of sp³-hybridized carbons (Fsp3) is 0.333. The zero-order valence-corrected chi connectivity index (χ0v) is 12.8. The zero-order valence-electron chi connectivity index (χ0n) is 12.0. The lowest BCUT2D eigenvalue weighted by Crippen LogP contribution is -2.15. The molecule has 1 aliphatic carbocycles. The molecule has 1 heterocycles. The van der Waals surface area contributed by atoms with Crippen molar-refractivity contribution in [2.45, 2.75) is 25.3 Å². The van der Waals surface area contributed by atoms with Gasteiger partial charge >= 0.3 is 5.97 Å². The van der Waals surface area contributed by atoms with Crippen molar-refractivity contribution in [2.75, 3.05) is 0 Å². The first-order valence-corrected chi connectivity index (χ1v) is 7.49. The lowest BCUT2D eigenvalue weighted by atomic mass is 9.99. The van der Waals surface area contributed by atoms with Crippen LogP contribution < -0.4 is 0 Å². The summed E-state index contributed by atoms with van der Waals surface area (Å²) in [4.78, 5) is 14.2. The number of aromatic nitrogens is 1. The second-order valence-corrected chi connectivity index (χ2v) is 5.85. The van der Waals surface area contributed by atoms with E-state index < -0.39 is 17.9 Å². The van der Waals surface area contributed by atoms with Gasteiger partial charge in [-0.15, -0.1) is 0 Å². The Kier molecular flexibility index (Phi) is 4.23. The third-order valence-electron chi connectivity index (χ3n) is 4.01. The molecule has 0 bridgehead atoms. The van der Waals surface area contributed by atoms with Crippen LogP contribution in [0.2, 0.25) is 5.02 Å². The van der Waals surface area contributed by atoms with Crippen molar-refractivity contribution in [1.29, 1.82) is 0 Å². The number of carboxylic acids is 1. The monoisotopic (exact) mass is 332 g/mol. The minimum Gasteiger partial charge on any atom is -0.481 e. The highest BCUT2D eigenvalue weighted by Gasteiger charge is 2.33. The van der Waals surface area contributed by atoms with Crippen LogP contribution in [0.1, 0.15) is 30.2 Å². The Morgan fingerprint density at radius 1 is 1.39 bits per heavy atom. The molecule has 7 nitrogen and oxygen atoms in total. The van der Waals surface area contributed by atoms with Gasteiger partial charge in [-0.3, -0.25) is 4.79 Å². The number of hydrogen-bond donors (Lipinski definition) is 1.